The zero-order valence-electron chi connectivity index (χ0n) is 13.4. The number of aromatic nitrogens is 4. The zero-order valence-corrected chi connectivity index (χ0v) is 13.4. The van der Waals surface area contributed by atoms with Crippen molar-refractivity contribution in [1.29, 1.82) is 0 Å². The molecule has 0 fully saturated rings. The van der Waals surface area contributed by atoms with Gasteiger partial charge in [0.05, 0.1) is 25.2 Å². The smallest absolute Gasteiger partial charge is 0.161 e. The van der Waals surface area contributed by atoms with Gasteiger partial charge in [0.25, 0.3) is 0 Å². The van der Waals surface area contributed by atoms with E-state index in [-0.39, 0.29) is 5.41 Å². The molecule has 0 radical (unpaired) electrons. The zero-order chi connectivity index (χ0) is 15.7. The van der Waals surface area contributed by atoms with Crippen LogP contribution in [0.15, 0.2) is 36.7 Å². The molecule has 0 aliphatic carbocycles. The van der Waals surface area contributed by atoms with Crippen LogP contribution in [0.2, 0.25) is 0 Å². The molecule has 2 heterocycles. The lowest BCUT2D eigenvalue weighted by Gasteiger charge is -2.16. The summed E-state index contributed by atoms with van der Waals surface area (Å²) in [5.41, 5.74) is 1.95. The van der Waals surface area contributed by atoms with Gasteiger partial charge in [-0.05, 0) is 17.7 Å². The van der Waals surface area contributed by atoms with Crippen molar-refractivity contribution in [1.82, 2.24) is 19.7 Å². The topological polar surface area (TPSA) is 52.8 Å². The molecular weight excluding hydrogens is 276 g/mol. The summed E-state index contributed by atoms with van der Waals surface area (Å²) in [6, 6.07) is 7.99. The third-order valence-corrected chi connectivity index (χ3v) is 3.54. The third-order valence-electron chi connectivity index (χ3n) is 3.54. The molecule has 3 rings (SSSR count). The monoisotopic (exact) mass is 296 g/mol. The molecule has 1 aromatic carbocycles. The molecule has 0 saturated carbocycles. The molecular formula is C17H20N4O. The molecule has 114 valence electrons. The average molecular weight is 296 g/mol. The Morgan fingerprint density at radius 1 is 1.09 bits per heavy atom. The van der Waals surface area contributed by atoms with Crippen LogP contribution in [0.4, 0.5) is 0 Å². The summed E-state index contributed by atoms with van der Waals surface area (Å²) in [6.45, 7) is 7.00. The first kappa shape index (κ1) is 14.5. The van der Waals surface area contributed by atoms with E-state index in [0.29, 0.717) is 6.54 Å². The minimum atomic E-state index is -0.0800. The van der Waals surface area contributed by atoms with E-state index >= 15 is 0 Å². The van der Waals surface area contributed by atoms with Gasteiger partial charge in [0.1, 0.15) is 11.6 Å². The molecule has 0 saturated heterocycles. The fraction of sp³-hybridized carbons (Fsp3) is 0.353. The van der Waals surface area contributed by atoms with Gasteiger partial charge in [-0.25, -0.2) is 14.6 Å². The number of methoxy groups -OCH3 is 1. The summed E-state index contributed by atoms with van der Waals surface area (Å²) in [4.78, 5) is 9.14. The van der Waals surface area contributed by atoms with Gasteiger partial charge in [-0.15, -0.1) is 0 Å². The maximum Gasteiger partial charge on any atom is 0.161 e. The molecule has 0 atom stereocenters. The van der Waals surface area contributed by atoms with Crippen LogP contribution in [-0.4, -0.2) is 26.9 Å². The number of rotatable bonds is 3. The Hall–Kier alpha value is -2.43. The third kappa shape index (κ3) is 2.79. The highest BCUT2D eigenvalue weighted by Gasteiger charge is 2.18. The molecule has 0 unspecified atom stereocenters. The summed E-state index contributed by atoms with van der Waals surface area (Å²) in [7, 11) is 1.67. The molecule has 0 amide bonds. The van der Waals surface area contributed by atoms with Crippen LogP contribution in [0.5, 0.6) is 5.75 Å². The minimum absolute atomic E-state index is 0.0800. The van der Waals surface area contributed by atoms with Crippen LogP contribution in [0, 0.1) is 0 Å². The van der Waals surface area contributed by atoms with Gasteiger partial charge in [0.2, 0.25) is 0 Å². The first-order valence-corrected chi connectivity index (χ1v) is 7.29. The Morgan fingerprint density at radius 2 is 1.82 bits per heavy atom. The van der Waals surface area contributed by atoms with Gasteiger partial charge < -0.3 is 4.74 Å². The van der Waals surface area contributed by atoms with Crippen molar-refractivity contribution in [3.8, 4) is 5.75 Å². The van der Waals surface area contributed by atoms with E-state index in [0.717, 1.165) is 28.2 Å². The van der Waals surface area contributed by atoms with Crippen molar-refractivity contribution in [2.45, 2.75) is 32.7 Å². The highest BCUT2D eigenvalue weighted by atomic mass is 16.5. The molecule has 0 aliphatic heterocycles. The van der Waals surface area contributed by atoms with E-state index in [1.54, 1.807) is 7.11 Å². The van der Waals surface area contributed by atoms with Gasteiger partial charge in [-0.1, -0.05) is 32.9 Å². The Morgan fingerprint density at radius 3 is 2.45 bits per heavy atom. The highest BCUT2D eigenvalue weighted by molar-refractivity contribution is 5.73. The molecule has 0 bridgehead atoms. The van der Waals surface area contributed by atoms with Gasteiger partial charge in [-0.2, -0.15) is 5.10 Å². The molecule has 5 nitrogen and oxygen atoms in total. The van der Waals surface area contributed by atoms with E-state index in [1.807, 2.05) is 41.3 Å². The Labute approximate surface area is 130 Å². The second-order valence-electron chi connectivity index (χ2n) is 6.37. The van der Waals surface area contributed by atoms with Crippen molar-refractivity contribution in [3.05, 3.63) is 48.0 Å². The van der Waals surface area contributed by atoms with Crippen LogP contribution in [0.1, 0.15) is 32.2 Å². The Bertz CT molecular complexity index is 785. The lowest BCUT2D eigenvalue weighted by atomic mass is 9.96. The maximum atomic E-state index is 5.18. The lowest BCUT2D eigenvalue weighted by molar-refractivity contribution is 0.414. The fourth-order valence-electron chi connectivity index (χ4n) is 2.25. The average Bonchev–Trinajstić information content (AvgIpc) is 2.89. The minimum Gasteiger partial charge on any atom is -0.497 e. The van der Waals surface area contributed by atoms with Gasteiger partial charge >= 0.3 is 0 Å². The number of nitrogens with zero attached hydrogens (tertiary/aromatic N) is 4. The van der Waals surface area contributed by atoms with E-state index in [2.05, 4.69) is 30.9 Å². The fourth-order valence-corrected chi connectivity index (χ4v) is 2.25. The summed E-state index contributed by atoms with van der Waals surface area (Å²) in [5.74, 6) is 1.68. The van der Waals surface area contributed by atoms with E-state index in [1.165, 1.54) is 0 Å². The second kappa shape index (κ2) is 5.40. The van der Waals surface area contributed by atoms with Crippen LogP contribution < -0.4 is 4.74 Å². The lowest BCUT2D eigenvalue weighted by Crippen LogP contribution is -2.16. The van der Waals surface area contributed by atoms with Crippen molar-refractivity contribution in [2.24, 2.45) is 0 Å². The number of hydrogen-bond acceptors (Lipinski definition) is 4. The van der Waals surface area contributed by atoms with Gasteiger partial charge in [0, 0.05) is 11.6 Å². The second-order valence-corrected chi connectivity index (χ2v) is 6.37. The van der Waals surface area contributed by atoms with E-state index in [4.69, 9.17) is 9.72 Å². The Balaban J connectivity index is 1.96. The van der Waals surface area contributed by atoms with Gasteiger partial charge in [0.15, 0.2) is 5.65 Å². The SMILES string of the molecule is COc1ccc(Cn2ncc3cnc(C(C)(C)C)nc32)cc1. The van der Waals surface area contributed by atoms with Crippen LogP contribution >= 0.6 is 0 Å². The largest absolute Gasteiger partial charge is 0.497 e. The number of benzene rings is 1. The van der Waals surface area contributed by atoms with E-state index in [9.17, 15) is 0 Å². The van der Waals surface area contributed by atoms with Crippen molar-refractivity contribution >= 4 is 11.0 Å². The molecule has 0 aliphatic rings. The van der Waals surface area contributed by atoms with E-state index < -0.39 is 0 Å². The van der Waals surface area contributed by atoms with Crippen molar-refractivity contribution in [2.75, 3.05) is 7.11 Å². The van der Waals surface area contributed by atoms with Crippen LogP contribution in [-0.2, 0) is 12.0 Å². The number of fused-ring (bicyclic) bond motifs is 1. The van der Waals surface area contributed by atoms with Crippen molar-refractivity contribution in [3.63, 3.8) is 0 Å². The number of ether oxygens (including phenoxy) is 1. The molecule has 22 heavy (non-hydrogen) atoms. The van der Waals surface area contributed by atoms with Crippen LogP contribution in [0.3, 0.4) is 0 Å². The quantitative estimate of drug-likeness (QED) is 0.745. The standard InChI is InChI=1S/C17H20N4O/c1-17(2,3)16-18-9-13-10-19-21(15(13)20-16)11-12-5-7-14(22-4)8-6-12/h5-10H,11H2,1-4H3. The summed E-state index contributed by atoms with van der Waals surface area (Å²) < 4.78 is 7.10. The summed E-state index contributed by atoms with van der Waals surface area (Å²) in [5, 5.41) is 5.40. The van der Waals surface area contributed by atoms with Crippen LogP contribution in [0.25, 0.3) is 11.0 Å². The highest BCUT2D eigenvalue weighted by Crippen LogP contribution is 2.21. The maximum absolute atomic E-state index is 5.18. The summed E-state index contributed by atoms with van der Waals surface area (Å²) >= 11 is 0. The molecule has 2 aromatic heterocycles. The predicted molar refractivity (Wildman–Crippen MR) is 86.1 cm³/mol. The van der Waals surface area contributed by atoms with Gasteiger partial charge in [-0.3, -0.25) is 0 Å². The molecule has 0 spiro atoms. The normalized spacial score (nSPS) is 11.8. The van der Waals surface area contributed by atoms with Crippen molar-refractivity contribution < 1.29 is 4.74 Å². The first-order valence-electron chi connectivity index (χ1n) is 7.29. The predicted octanol–water partition coefficient (Wildman–Crippen LogP) is 3.18. The molecule has 0 N–H and O–H groups in total. The Kier molecular flexibility index (Phi) is 3.56. The summed E-state index contributed by atoms with van der Waals surface area (Å²) in [6.07, 6.45) is 3.66. The molecule has 3 aromatic rings. The molecule has 5 heteroatoms. The number of hydrogen-bond donors (Lipinski definition) is 0. The first-order chi connectivity index (χ1) is 10.5.